The van der Waals surface area contributed by atoms with E-state index in [2.05, 4.69) is 5.32 Å². The van der Waals surface area contributed by atoms with E-state index in [1.54, 1.807) is 12.1 Å². The highest BCUT2D eigenvalue weighted by Gasteiger charge is 2.20. The fraction of sp³-hybridized carbons (Fsp3) is 0.412. The number of hydrogen-bond acceptors (Lipinski definition) is 4. The second kappa shape index (κ2) is 6.93. The molecule has 1 amide bonds. The molecule has 1 aliphatic heterocycles. The molecular formula is C17H17ClN2O3. The molecule has 1 fully saturated rings. The van der Waals surface area contributed by atoms with Crippen LogP contribution in [0.1, 0.15) is 37.7 Å². The zero-order valence-corrected chi connectivity index (χ0v) is 13.4. The average Bonchev–Trinajstić information content (AvgIpc) is 3.00. The molecule has 120 valence electrons. The number of amides is 1. The van der Waals surface area contributed by atoms with Crippen LogP contribution in [0, 0.1) is 11.3 Å². The minimum Gasteiger partial charge on any atom is -0.454 e. The van der Waals surface area contributed by atoms with Gasteiger partial charge in [-0.05, 0) is 30.5 Å². The first-order chi connectivity index (χ1) is 11.2. The Balaban J connectivity index is 1.78. The van der Waals surface area contributed by atoms with E-state index < -0.39 is 0 Å². The van der Waals surface area contributed by atoms with Gasteiger partial charge in [0.15, 0.2) is 11.5 Å². The van der Waals surface area contributed by atoms with Gasteiger partial charge in [-0.1, -0.05) is 30.9 Å². The zero-order chi connectivity index (χ0) is 16.2. The van der Waals surface area contributed by atoms with Crippen molar-refractivity contribution in [2.75, 3.05) is 6.79 Å². The molecule has 23 heavy (non-hydrogen) atoms. The van der Waals surface area contributed by atoms with Crippen molar-refractivity contribution in [3.05, 3.63) is 28.3 Å². The monoisotopic (exact) mass is 332 g/mol. The normalized spacial score (nSPS) is 17.7. The number of carbonyl (C=O) groups excluding carboxylic acids is 1. The lowest BCUT2D eigenvalue weighted by atomic mass is 9.95. The average molecular weight is 333 g/mol. The summed E-state index contributed by atoms with van der Waals surface area (Å²) in [6.45, 7) is 0.145. The van der Waals surface area contributed by atoms with Crippen molar-refractivity contribution in [3.63, 3.8) is 0 Å². The molecule has 0 radical (unpaired) electrons. The summed E-state index contributed by atoms with van der Waals surface area (Å²) in [6, 6.07) is 5.41. The molecule has 1 aromatic carbocycles. The quantitative estimate of drug-likeness (QED) is 0.680. The minimum atomic E-state index is -0.354. The Morgan fingerprint density at radius 3 is 2.65 bits per heavy atom. The van der Waals surface area contributed by atoms with Crippen LogP contribution in [0.25, 0.3) is 6.08 Å². The molecule has 5 nitrogen and oxygen atoms in total. The fourth-order valence-electron chi connectivity index (χ4n) is 2.86. The van der Waals surface area contributed by atoms with Crippen molar-refractivity contribution in [1.82, 2.24) is 5.32 Å². The molecular weight excluding hydrogens is 316 g/mol. The lowest BCUT2D eigenvalue weighted by molar-refractivity contribution is -0.117. The summed E-state index contributed by atoms with van der Waals surface area (Å²) in [4.78, 5) is 12.3. The van der Waals surface area contributed by atoms with Gasteiger partial charge in [0.2, 0.25) is 6.79 Å². The number of hydrogen-bond donors (Lipinski definition) is 1. The molecule has 6 heteroatoms. The van der Waals surface area contributed by atoms with E-state index in [4.69, 9.17) is 21.1 Å². The molecule has 1 aromatic rings. The molecule has 0 bridgehead atoms. The molecule has 0 spiro atoms. The van der Waals surface area contributed by atoms with Gasteiger partial charge in [0, 0.05) is 12.1 Å². The van der Waals surface area contributed by atoms with Crippen LogP contribution in [0.5, 0.6) is 11.5 Å². The number of carbonyl (C=O) groups is 1. The maximum absolute atomic E-state index is 12.3. The van der Waals surface area contributed by atoms with E-state index in [1.807, 2.05) is 6.07 Å². The lowest BCUT2D eigenvalue weighted by Gasteiger charge is -2.22. The second-order valence-electron chi connectivity index (χ2n) is 5.71. The van der Waals surface area contributed by atoms with E-state index >= 15 is 0 Å². The summed E-state index contributed by atoms with van der Waals surface area (Å²) in [5, 5.41) is 12.6. The number of nitrogens with one attached hydrogen (secondary N) is 1. The second-order valence-corrected chi connectivity index (χ2v) is 6.11. The van der Waals surface area contributed by atoms with Crippen molar-refractivity contribution in [1.29, 1.82) is 5.26 Å². The molecule has 0 unspecified atom stereocenters. The van der Waals surface area contributed by atoms with Gasteiger partial charge >= 0.3 is 0 Å². The Bertz CT molecular complexity index is 688. The maximum Gasteiger partial charge on any atom is 0.262 e. The number of rotatable bonds is 3. The molecule has 0 saturated heterocycles. The van der Waals surface area contributed by atoms with E-state index in [1.165, 1.54) is 12.5 Å². The molecule has 0 atom stereocenters. The first-order valence-corrected chi connectivity index (χ1v) is 8.07. The summed E-state index contributed by atoms with van der Waals surface area (Å²) >= 11 is 6.18. The Morgan fingerprint density at radius 2 is 1.96 bits per heavy atom. The molecule has 0 aromatic heterocycles. The van der Waals surface area contributed by atoms with Crippen molar-refractivity contribution in [2.24, 2.45) is 0 Å². The van der Waals surface area contributed by atoms with Crippen molar-refractivity contribution in [2.45, 2.75) is 38.1 Å². The molecule has 1 aliphatic carbocycles. The summed E-state index contributed by atoms with van der Waals surface area (Å²) in [6.07, 6.45) is 6.86. The SMILES string of the molecule is N#CC(=Cc1cc2c(cc1Cl)OCO2)C(=O)NC1CCCCC1. The molecule has 1 saturated carbocycles. The van der Waals surface area contributed by atoms with Gasteiger partial charge in [0.1, 0.15) is 11.6 Å². The minimum absolute atomic E-state index is 0.0383. The van der Waals surface area contributed by atoms with Crippen LogP contribution in [0.4, 0.5) is 0 Å². The predicted molar refractivity (Wildman–Crippen MR) is 86.2 cm³/mol. The molecule has 1 heterocycles. The molecule has 1 N–H and O–H groups in total. The smallest absolute Gasteiger partial charge is 0.262 e. The van der Waals surface area contributed by atoms with Crippen LogP contribution in [0.3, 0.4) is 0 Å². The largest absolute Gasteiger partial charge is 0.454 e. The Kier molecular flexibility index (Phi) is 4.73. The third-order valence-electron chi connectivity index (χ3n) is 4.10. The van der Waals surface area contributed by atoms with Crippen LogP contribution in [0.2, 0.25) is 5.02 Å². The number of nitriles is 1. The Hall–Kier alpha value is -2.19. The van der Waals surface area contributed by atoms with Gasteiger partial charge in [-0.15, -0.1) is 0 Å². The summed E-state index contributed by atoms with van der Waals surface area (Å²) < 4.78 is 10.5. The van der Waals surface area contributed by atoms with Crippen molar-refractivity contribution in [3.8, 4) is 17.6 Å². The third-order valence-corrected chi connectivity index (χ3v) is 4.42. The molecule has 3 rings (SSSR count). The maximum atomic E-state index is 12.3. The van der Waals surface area contributed by atoms with Crippen molar-refractivity contribution >= 4 is 23.6 Å². The number of halogens is 1. The van der Waals surface area contributed by atoms with Crippen LogP contribution in [-0.2, 0) is 4.79 Å². The van der Waals surface area contributed by atoms with Gasteiger partial charge in [-0.25, -0.2) is 0 Å². The van der Waals surface area contributed by atoms with Crippen LogP contribution in [0.15, 0.2) is 17.7 Å². The summed E-state index contributed by atoms with van der Waals surface area (Å²) in [7, 11) is 0. The van der Waals surface area contributed by atoms with Gasteiger partial charge in [0.05, 0.1) is 5.02 Å². The standard InChI is InChI=1S/C17H17ClN2O3/c18-14-8-16-15(22-10-23-16)7-11(14)6-12(9-19)17(21)20-13-4-2-1-3-5-13/h6-8,13H,1-5,10H2,(H,20,21). The first kappa shape index (κ1) is 15.7. The predicted octanol–water partition coefficient (Wildman–Crippen LogP) is 3.42. The van der Waals surface area contributed by atoms with Gasteiger partial charge < -0.3 is 14.8 Å². The topological polar surface area (TPSA) is 71.3 Å². The fourth-order valence-corrected chi connectivity index (χ4v) is 3.07. The molecule has 2 aliphatic rings. The first-order valence-electron chi connectivity index (χ1n) is 7.69. The zero-order valence-electron chi connectivity index (χ0n) is 12.6. The number of nitrogens with zero attached hydrogens (tertiary/aromatic N) is 1. The van der Waals surface area contributed by atoms with Crippen LogP contribution in [-0.4, -0.2) is 18.7 Å². The van der Waals surface area contributed by atoms with Crippen LogP contribution < -0.4 is 14.8 Å². The van der Waals surface area contributed by atoms with E-state index in [-0.39, 0.29) is 24.3 Å². The Labute approximate surface area is 139 Å². The number of benzene rings is 1. The Morgan fingerprint density at radius 1 is 1.26 bits per heavy atom. The van der Waals surface area contributed by atoms with E-state index in [0.29, 0.717) is 22.1 Å². The van der Waals surface area contributed by atoms with Gasteiger partial charge in [-0.3, -0.25) is 4.79 Å². The van der Waals surface area contributed by atoms with Crippen molar-refractivity contribution < 1.29 is 14.3 Å². The van der Waals surface area contributed by atoms with Gasteiger partial charge in [-0.2, -0.15) is 5.26 Å². The van der Waals surface area contributed by atoms with Gasteiger partial charge in [0.25, 0.3) is 5.91 Å². The highest BCUT2D eigenvalue weighted by Crippen LogP contribution is 2.37. The van der Waals surface area contributed by atoms with E-state index in [0.717, 1.165) is 25.7 Å². The lowest BCUT2D eigenvalue weighted by Crippen LogP contribution is -2.36. The number of fused-ring (bicyclic) bond motifs is 1. The summed E-state index contributed by atoms with van der Waals surface area (Å²) in [5.41, 5.74) is 0.600. The highest BCUT2D eigenvalue weighted by atomic mass is 35.5. The van der Waals surface area contributed by atoms with Crippen LogP contribution >= 0.6 is 11.6 Å². The highest BCUT2D eigenvalue weighted by molar-refractivity contribution is 6.32. The third kappa shape index (κ3) is 3.59. The van der Waals surface area contributed by atoms with E-state index in [9.17, 15) is 10.1 Å². The number of ether oxygens (including phenoxy) is 2. The summed E-state index contributed by atoms with van der Waals surface area (Å²) in [5.74, 6) is 0.774.